The molecule has 0 N–H and O–H groups in total. The highest BCUT2D eigenvalue weighted by molar-refractivity contribution is 6.14. The molecule has 0 fully saturated rings. The van der Waals surface area contributed by atoms with Gasteiger partial charge in [0, 0.05) is 57.8 Å². The summed E-state index contributed by atoms with van der Waals surface area (Å²) in [6.45, 7) is 7.76. The molecule has 0 saturated carbocycles. The zero-order chi connectivity index (χ0) is 30.2. The van der Waals surface area contributed by atoms with Crippen molar-refractivity contribution in [1.29, 1.82) is 0 Å². The second kappa shape index (κ2) is 11.1. The number of rotatable bonds is 5. The van der Waals surface area contributed by atoms with Gasteiger partial charge in [-0.05, 0) is 63.7 Å². The fraction of sp³-hybridized carbons (Fsp3) is 0. The lowest BCUT2D eigenvalue weighted by atomic mass is 9.92. The summed E-state index contributed by atoms with van der Waals surface area (Å²) in [4.78, 5) is 12.6. The Morgan fingerprint density at radius 1 is 0.444 bits per heavy atom. The van der Waals surface area contributed by atoms with Crippen molar-refractivity contribution in [3.05, 3.63) is 164 Å². The van der Waals surface area contributed by atoms with Gasteiger partial charge in [0.15, 0.2) is 5.69 Å². The van der Waals surface area contributed by atoms with E-state index in [2.05, 4.69) is 93.7 Å². The Morgan fingerprint density at radius 3 is 1.56 bits per heavy atom. The minimum Gasteiger partial charge on any atom is -0.455 e. The van der Waals surface area contributed by atoms with E-state index in [1.165, 1.54) is 0 Å². The van der Waals surface area contributed by atoms with Crippen LogP contribution in [0.4, 0.5) is 5.69 Å². The lowest BCUT2D eigenvalue weighted by Crippen LogP contribution is -1.87. The third-order valence-corrected chi connectivity index (χ3v) is 8.29. The van der Waals surface area contributed by atoms with Crippen molar-refractivity contribution in [3.63, 3.8) is 0 Å². The van der Waals surface area contributed by atoms with E-state index >= 15 is 0 Å². The fourth-order valence-corrected chi connectivity index (χ4v) is 6.19. The number of hydrogen-bond acceptors (Lipinski definition) is 3. The second-order valence-electron chi connectivity index (χ2n) is 10.9. The summed E-state index contributed by atoms with van der Waals surface area (Å²) in [7, 11) is 0. The summed E-state index contributed by atoms with van der Waals surface area (Å²) in [5, 5.41) is 2.10. The van der Waals surface area contributed by atoms with Crippen molar-refractivity contribution in [2.45, 2.75) is 0 Å². The van der Waals surface area contributed by atoms with Crippen LogP contribution in [0.15, 0.2) is 157 Å². The monoisotopic (exact) mass is 575 g/mol. The van der Waals surface area contributed by atoms with Crippen molar-refractivity contribution >= 4 is 27.6 Å². The zero-order valence-corrected chi connectivity index (χ0v) is 24.2. The topological polar surface area (TPSA) is 43.3 Å². The van der Waals surface area contributed by atoms with Crippen LogP contribution in [0.1, 0.15) is 0 Å². The van der Waals surface area contributed by atoms with Crippen molar-refractivity contribution in [2.24, 2.45) is 0 Å². The summed E-state index contributed by atoms with van der Waals surface area (Å²) >= 11 is 0. The van der Waals surface area contributed by atoms with E-state index in [1.807, 2.05) is 60.9 Å². The molecule has 210 valence electrons. The van der Waals surface area contributed by atoms with Crippen LogP contribution in [0.3, 0.4) is 0 Å². The first-order valence-electron chi connectivity index (χ1n) is 14.8. The van der Waals surface area contributed by atoms with Crippen molar-refractivity contribution < 1.29 is 4.42 Å². The van der Waals surface area contributed by atoms with Gasteiger partial charge >= 0.3 is 0 Å². The number of pyridine rings is 2. The third kappa shape index (κ3) is 4.64. The fourth-order valence-electron chi connectivity index (χ4n) is 6.19. The minimum absolute atomic E-state index is 0.627. The van der Waals surface area contributed by atoms with Crippen LogP contribution in [0.2, 0.25) is 0 Å². The molecule has 0 amide bonds. The number of nitrogens with zero attached hydrogens (tertiary/aromatic N) is 3. The molecular weight excluding hydrogens is 550 g/mol. The Kier molecular flexibility index (Phi) is 6.48. The maximum absolute atomic E-state index is 7.76. The first-order chi connectivity index (χ1) is 22.3. The molecule has 0 saturated heterocycles. The third-order valence-electron chi connectivity index (χ3n) is 8.29. The van der Waals surface area contributed by atoms with Crippen LogP contribution >= 0.6 is 0 Å². The van der Waals surface area contributed by atoms with Crippen LogP contribution in [-0.4, -0.2) is 9.97 Å². The Balaban J connectivity index is 1.36. The number of para-hydroxylation sites is 3. The maximum Gasteiger partial charge on any atom is 0.194 e. The predicted octanol–water partition coefficient (Wildman–Crippen LogP) is 11.3. The molecule has 4 nitrogen and oxygen atoms in total. The molecule has 8 rings (SSSR count). The van der Waals surface area contributed by atoms with Crippen molar-refractivity contribution in [2.75, 3.05) is 0 Å². The average Bonchev–Trinajstić information content (AvgIpc) is 3.51. The Hall–Kier alpha value is -6.31. The first kappa shape index (κ1) is 26.3. The van der Waals surface area contributed by atoms with Crippen molar-refractivity contribution in [1.82, 2.24) is 9.97 Å². The molecule has 0 spiro atoms. The average molecular weight is 576 g/mol. The molecule has 4 heteroatoms. The van der Waals surface area contributed by atoms with Gasteiger partial charge in [-0.25, -0.2) is 4.85 Å². The SMILES string of the molecule is [C-]#[N+]c1ccccc1-c1ccccc1-c1cccc2c1oc1c(-c3cc(-c4cccnc4)cc(-c4cccnc4)c3)cccc12. The van der Waals surface area contributed by atoms with E-state index < -0.39 is 0 Å². The summed E-state index contributed by atoms with van der Waals surface area (Å²) < 4.78 is 6.88. The van der Waals surface area contributed by atoms with Gasteiger partial charge in [-0.2, -0.15) is 0 Å². The largest absolute Gasteiger partial charge is 0.455 e. The lowest BCUT2D eigenvalue weighted by Gasteiger charge is -2.12. The molecule has 0 aliphatic carbocycles. The van der Waals surface area contributed by atoms with Gasteiger partial charge in [0.25, 0.3) is 0 Å². The molecule has 5 aromatic carbocycles. The number of benzene rings is 5. The molecule has 0 atom stereocenters. The molecule has 8 aromatic rings. The first-order valence-corrected chi connectivity index (χ1v) is 14.8. The van der Waals surface area contributed by atoms with E-state index in [9.17, 15) is 0 Å². The second-order valence-corrected chi connectivity index (χ2v) is 10.9. The smallest absolute Gasteiger partial charge is 0.194 e. The van der Waals surface area contributed by atoms with Crippen LogP contribution < -0.4 is 0 Å². The minimum atomic E-state index is 0.627. The van der Waals surface area contributed by atoms with E-state index in [0.717, 1.165) is 77.6 Å². The summed E-state index contributed by atoms with van der Waals surface area (Å²) in [6, 6.07) is 43.3. The molecule has 0 unspecified atom stereocenters. The van der Waals surface area contributed by atoms with E-state index in [-0.39, 0.29) is 0 Å². The number of furan rings is 1. The highest BCUT2D eigenvalue weighted by Crippen LogP contribution is 2.44. The summed E-state index contributed by atoms with van der Waals surface area (Å²) in [5.41, 5.74) is 12.5. The summed E-state index contributed by atoms with van der Waals surface area (Å²) in [5.74, 6) is 0. The van der Waals surface area contributed by atoms with Gasteiger partial charge < -0.3 is 4.42 Å². The van der Waals surface area contributed by atoms with E-state index in [1.54, 1.807) is 12.4 Å². The molecule has 0 radical (unpaired) electrons. The lowest BCUT2D eigenvalue weighted by molar-refractivity contribution is 0.671. The highest BCUT2D eigenvalue weighted by atomic mass is 16.3. The summed E-state index contributed by atoms with van der Waals surface area (Å²) in [6.07, 6.45) is 7.37. The van der Waals surface area contributed by atoms with Gasteiger partial charge in [-0.3, -0.25) is 9.97 Å². The zero-order valence-electron chi connectivity index (χ0n) is 24.2. The van der Waals surface area contributed by atoms with Crippen LogP contribution in [0, 0.1) is 6.57 Å². The molecule has 45 heavy (non-hydrogen) atoms. The Bertz CT molecular complexity index is 2330. The quantitative estimate of drug-likeness (QED) is 0.192. The van der Waals surface area contributed by atoms with Gasteiger partial charge in [0.05, 0.1) is 6.57 Å². The standard InChI is InChI=1S/C41H25N3O/c1-42-39-19-5-4-14-35(39)33-12-2-3-13-34(33)36-16-7-18-38-37-17-6-15-32(40(37)45-41(36)38)31-23-29(27-10-8-20-43-25-27)22-30(24-31)28-11-9-21-44-26-28/h2-26H. The Labute approximate surface area is 260 Å². The molecule has 3 aromatic heterocycles. The Morgan fingerprint density at radius 2 is 0.956 bits per heavy atom. The van der Waals surface area contributed by atoms with Gasteiger partial charge in [-0.1, -0.05) is 97.1 Å². The van der Waals surface area contributed by atoms with Crippen LogP contribution in [0.25, 0.3) is 82.4 Å². The molecular formula is C41H25N3O. The highest BCUT2D eigenvalue weighted by Gasteiger charge is 2.19. The van der Waals surface area contributed by atoms with Crippen LogP contribution in [0.5, 0.6) is 0 Å². The normalized spacial score (nSPS) is 11.1. The van der Waals surface area contributed by atoms with E-state index in [0.29, 0.717) is 5.69 Å². The number of fused-ring (bicyclic) bond motifs is 3. The molecule has 0 aliphatic heterocycles. The molecule has 0 aliphatic rings. The van der Waals surface area contributed by atoms with Gasteiger partial charge in [0.1, 0.15) is 11.2 Å². The van der Waals surface area contributed by atoms with Gasteiger partial charge in [-0.15, -0.1) is 0 Å². The van der Waals surface area contributed by atoms with Gasteiger partial charge in [0.2, 0.25) is 0 Å². The predicted molar refractivity (Wildman–Crippen MR) is 183 cm³/mol. The molecule has 3 heterocycles. The van der Waals surface area contributed by atoms with E-state index in [4.69, 9.17) is 11.0 Å². The number of aromatic nitrogens is 2. The number of hydrogen-bond donors (Lipinski definition) is 0. The molecule has 0 bridgehead atoms. The maximum atomic E-state index is 7.76. The van der Waals surface area contributed by atoms with Crippen LogP contribution in [-0.2, 0) is 0 Å². The van der Waals surface area contributed by atoms with Crippen molar-refractivity contribution in [3.8, 4) is 55.6 Å².